The number of rotatable bonds is 0. The monoisotopic (exact) mass is 145 g/mol. The summed E-state index contributed by atoms with van der Waals surface area (Å²) in [5.74, 6) is 0. The van der Waals surface area contributed by atoms with Crippen LogP contribution < -0.4 is 5.32 Å². The normalized spacial score (nSPS) is 39.0. The number of nitrogens with one attached hydrogen (secondary N) is 1. The van der Waals surface area contributed by atoms with Crippen molar-refractivity contribution in [3.8, 4) is 0 Å². The highest BCUT2D eigenvalue weighted by molar-refractivity contribution is 8.01. The number of thioether (sulfide) groups is 1. The molecule has 0 aromatic heterocycles. The molecule has 0 radical (unpaired) electrons. The minimum absolute atomic E-state index is 0.333. The van der Waals surface area contributed by atoms with Crippen LogP contribution in [0.15, 0.2) is 0 Å². The Kier molecular flexibility index (Phi) is 1.25. The quantitative estimate of drug-likeness (QED) is 0.534. The van der Waals surface area contributed by atoms with Crippen molar-refractivity contribution in [3.63, 3.8) is 0 Å². The first-order chi connectivity index (χ1) is 4.31. The van der Waals surface area contributed by atoms with Gasteiger partial charge >= 0.3 is 0 Å². The molecule has 2 rings (SSSR count). The average Bonchev–Trinajstić information content (AvgIpc) is 2.09. The number of hydrogen-bond donors (Lipinski definition) is 1. The molecule has 2 heterocycles. The van der Waals surface area contributed by atoms with E-state index in [-0.39, 0.29) is 0 Å². The summed E-state index contributed by atoms with van der Waals surface area (Å²) in [5.41, 5.74) is 0. The molecule has 0 aromatic carbocycles. The lowest BCUT2D eigenvalue weighted by atomic mass is 10.2. The molecule has 52 valence electrons. The van der Waals surface area contributed by atoms with Crippen molar-refractivity contribution in [2.75, 3.05) is 19.8 Å². The topological polar surface area (TPSA) is 21.3 Å². The summed E-state index contributed by atoms with van der Waals surface area (Å²) in [6.45, 7) is 5.21. The SMILES string of the molecule is CC1CNC2(COC2)S1. The van der Waals surface area contributed by atoms with Crippen LogP contribution in [0.2, 0.25) is 0 Å². The van der Waals surface area contributed by atoms with Crippen molar-refractivity contribution in [1.82, 2.24) is 5.32 Å². The molecule has 2 aliphatic rings. The Morgan fingerprint density at radius 3 is 2.67 bits per heavy atom. The third-order valence-electron chi connectivity index (χ3n) is 1.81. The van der Waals surface area contributed by atoms with Gasteiger partial charge in [0.15, 0.2) is 0 Å². The van der Waals surface area contributed by atoms with Gasteiger partial charge < -0.3 is 4.74 Å². The van der Waals surface area contributed by atoms with Crippen molar-refractivity contribution in [2.24, 2.45) is 0 Å². The minimum Gasteiger partial charge on any atom is -0.376 e. The molecule has 0 saturated carbocycles. The summed E-state index contributed by atoms with van der Waals surface area (Å²) in [5, 5.41) is 4.23. The van der Waals surface area contributed by atoms with E-state index in [0.29, 0.717) is 4.87 Å². The molecule has 9 heavy (non-hydrogen) atoms. The van der Waals surface area contributed by atoms with Gasteiger partial charge in [-0.3, -0.25) is 5.32 Å². The zero-order valence-corrected chi connectivity index (χ0v) is 6.33. The molecule has 0 aromatic rings. The molecule has 2 nitrogen and oxygen atoms in total. The highest BCUT2D eigenvalue weighted by atomic mass is 32.2. The lowest BCUT2D eigenvalue weighted by molar-refractivity contribution is -0.0198. The van der Waals surface area contributed by atoms with Crippen LogP contribution in [-0.2, 0) is 4.74 Å². The highest BCUT2D eigenvalue weighted by Crippen LogP contribution is 2.37. The molecular formula is C6H11NOS. The summed E-state index contributed by atoms with van der Waals surface area (Å²) in [7, 11) is 0. The van der Waals surface area contributed by atoms with Gasteiger partial charge in [0.25, 0.3) is 0 Å². The Morgan fingerprint density at radius 1 is 1.67 bits per heavy atom. The van der Waals surface area contributed by atoms with Crippen LogP contribution in [0.3, 0.4) is 0 Å². The Morgan fingerprint density at radius 2 is 2.44 bits per heavy atom. The molecule has 0 aliphatic carbocycles. The van der Waals surface area contributed by atoms with Gasteiger partial charge in [0.2, 0.25) is 0 Å². The minimum atomic E-state index is 0.333. The fraction of sp³-hybridized carbons (Fsp3) is 1.00. The predicted molar refractivity (Wildman–Crippen MR) is 38.6 cm³/mol. The molecule has 0 amide bonds. The highest BCUT2D eigenvalue weighted by Gasteiger charge is 2.44. The molecule has 1 spiro atoms. The molecule has 2 fully saturated rings. The third kappa shape index (κ3) is 0.876. The Hall–Kier alpha value is 0.270. The summed E-state index contributed by atoms with van der Waals surface area (Å²) < 4.78 is 5.12. The van der Waals surface area contributed by atoms with Crippen LogP contribution in [0.25, 0.3) is 0 Å². The van der Waals surface area contributed by atoms with Crippen molar-refractivity contribution in [1.29, 1.82) is 0 Å². The van der Waals surface area contributed by atoms with E-state index in [1.807, 2.05) is 11.8 Å². The van der Waals surface area contributed by atoms with Crippen molar-refractivity contribution >= 4 is 11.8 Å². The van der Waals surface area contributed by atoms with Crippen LogP contribution in [-0.4, -0.2) is 29.9 Å². The van der Waals surface area contributed by atoms with Crippen LogP contribution in [0.4, 0.5) is 0 Å². The van der Waals surface area contributed by atoms with E-state index >= 15 is 0 Å². The fourth-order valence-corrected chi connectivity index (χ4v) is 2.66. The van der Waals surface area contributed by atoms with Gasteiger partial charge in [-0.15, -0.1) is 11.8 Å². The maximum atomic E-state index is 5.12. The summed E-state index contributed by atoms with van der Waals surface area (Å²) in [4.78, 5) is 0.333. The zero-order chi connectivity index (χ0) is 6.32. The summed E-state index contributed by atoms with van der Waals surface area (Å²) in [6, 6.07) is 0. The fourth-order valence-electron chi connectivity index (χ4n) is 1.26. The van der Waals surface area contributed by atoms with E-state index in [1.54, 1.807) is 0 Å². The second kappa shape index (κ2) is 1.87. The van der Waals surface area contributed by atoms with Gasteiger partial charge in [-0.25, -0.2) is 0 Å². The maximum Gasteiger partial charge on any atom is 0.112 e. The third-order valence-corrected chi connectivity index (χ3v) is 3.21. The lowest BCUT2D eigenvalue weighted by Crippen LogP contribution is -2.54. The largest absolute Gasteiger partial charge is 0.376 e. The van der Waals surface area contributed by atoms with Gasteiger partial charge in [0.05, 0.1) is 13.2 Å². The van der Waals surface area contributed by atoms with Crippen LogP contribution in [0.5, 0.6) is 0 Å². The molecule has 1 N–H and O–H groups in total. The van der Waals surface area contributed by atoms with Gasteiger partial charge in [-0.2, -0.15) is 0 Å². The second-order valence-electron chi connectivity index (χ2n) is 2.80. The van der Waals surface area contributed by atoms with E-state index in [9.17, 15) is 0 Å². The van der Waals surface area contributed by atoms with Crippen LogP contribution in [0.1, 0.15) is 6.92 Å². The first-order valence-electron chi connectivity index (χ1n) is 3.31. The van der Waals surface area contributed by atoms with Crippen molar-refractivity contribution in [2.45, 2.75) is 17.0 Å². The number of ether oxygens (including phenoxy) is 1. The van der Waals surface area contributed by atoms with Crippen molar-refractivity contribution in [3.05, 3.63) is 0 Å². The van der Waals surface area contributed by atoms with Gasteiger partial charge in [0.1, 0.15) is 4.87 Å². The summed E-state index contributed by atoms with van der Waals surface area (Å²) in [6.07, 6.45) is 0. The number of hydrogen-bond acceptors (Lipinski definition) is 3. The van der Waals surface area contributed by atoms with Gasteiger partial charge in [-0.05, 0) is 0 Å². The standard InChI is InChI=1S/C6H11NOS/c1-5-2-7-6(9-5)3-8-4-6/h5,7H,2-4H2,1H3. The van der Waals surface area contributed by atoms with Gasteiger partial charge in [0, 0.05) is 11.8 Å². The smallest absolute Gasteiger partial charge is 0.112 e. The Bertz CT molecular complexity index is 124. The molecule has 1 atom stereocenters. The average molecular weight is 145 g/mol. The first-order valence-corrected chi connectivity index (χ1v) is 4.19. The molecule has 1 unspecified atom stereocenters. The van der Waals surface area contributed by atoms with Crippen LogP contribution in [0, 0.1) is 0 Å². The molecule has 0 bridgehead atoms. The molecule has 2 aliphatic heterocycles. The Balaban J connectivity index is 1.99. The predicted octanol–water partition coefficient (Wildman–Crippen LogP) is 0.438. The van der Waals surface area contributed by atoms with Gasteiger partial charge in [-0.1, -0.05) is 6.92 Å². The maximum absolute atomic E-state index is 5.12. The molecular weight excluding hydrogens is 134 g/mol. The Labute approximate surface area is 59.3 Å². The molecule has 3 heteroatoms. The van der Waals surface area contributed by atoms with E-state index in [4.69, 9.17) is 4.74 Å². The first kappa shape index (κ1) is 6.01. The lowest BCUT2D eigenvalue weighted by Gasteiger charge is -2.37. The van der Waals surface area contributed by atoms with Crippen LogP contribution >= 0.6 is 11.8 Å². The summed E-state index contributed by atoms with van der Waals surface area (Å²) >= 11 is 2.02. The second-order valence-corrected chi connectivity index (χ2v) is 4.62. The van der Waals surface area contributed by atoms with E-state index < -0.39 is 0 Å². The van der Waals surface area contributed by atoms with E-state index in [0.717, 1.165) is 25.0 Å². The van der Waals surface area contributed by atoms with E-state index in [1.165, 1.54) is 0 Å². The van der Waals surface area contributed by atoms with E-state index in [2.05, 4.69) is 12.2 Å². The molecule has 2 saturated heterocycles. The zero-order valence-electron chi connectivity index (χ0n) is 5.52. The van der Waals surface area contributed by atoms with Crippen molar-refractivity contribution < 1.29 is 4.74 Å².